The molecule has 3 nitrogen and oxygen atoms in total. The first-order chi connectivity index (χ1) is 11.3. The van der Waals surface area contributed by atoms with Crippen molar-refractivity contribution in [2.75, 3.05) is 20.2 Å². The van der Waals surface area contributed by atoms with Gasteiger partial charge in [0, 0.05) is 19.1 Å². The SMILES string of the molecule is COC1CC2(CCNCC2)Oc2ccc(-c3ccccc3)cc21. The van der Waals surface area contributed by atoms with Crippen LogP contribution in [0, 0.1) is 0 Å². The lowest BCUT2D eigenvalue weighted by Crippen LogP contribution is -2.49. The maximum absolute atomic E-state index is 6.46. The number of hydrogen-bond donors (Lipinski definition) is 1. The third-order valence-corrected chi connectivity index (χ3v) is 5.15. The zero-order valence-corrected chi connectivity index (χ0v) is 13.5. The Morgan fingerprint density at radius 2 is 1.83 bits per heavy atom. The van der Waals surface area contributed by atoms with E-state index < -0.39 is 0 Å². The van der Waals surface area contributed by atoms with Gasteiger partial charge in [0.25, 0.3) is 0 Å². The Balaban J connectivity index is 1.71. The molecule has 1 unspecified atom stereocenters. The lowest BCUT2D eigenvalue weighted by Gasteiger charge is -2.44. The number of nitrogens with one attached hydrogen (secondary N) is 1. The van der Waals surface area contributed by atoms with Gasteiger partial charge in [-0.2, -0.15) is 0 Å². The number of hydrogen-bond acceptors (Lipinski definition) is 3. The van der Waals surface area contributed by atoms with E-state index in [1.165, 1.54) is 16.7 Å². The van der Waals surface area contributed by atoms with Crippen LogP contribution in [0.2, 0.25) is 0 Å². The van der Waals surface area contributed by atoms with Gasteiger partial charge in [0.05, 0.1) is 6.10 Å². The fourth-order valence-corrected chi connectivity index (χ4v) is 3.82. The van der Waals surface area contributed by atoms with Crippen molar-refractivity contribution in [3.63, 3.8) is 0 Å². The first-order valence-corrected chi connectivity index (χ1v) is 8.42. The van der Waals surface area contributed by atoms with Gasteiger partial charge in [0.2, 0.25) is 0 Å². The maximum Gasteiger partial charge on any atom is 0.126 e. The highest BCUT2D eigenvalue weighted by Crippen LogP contribution is 2.45. The zero-order chi connectivity index (χ0) is 15.7. The molecule has 2 aliphatic heterocycles. The summed E-state index contributed by atoms with van der Waals surface area (Å²) in [6.07, 6.45) is 3.15. The second kappa shape index (κ2) is 5.99. The lowest BCUT2D eigenvalue weighted by atomic mass is 9.81. The molecule has 0 aromatic heterocycles. The number of piperidine rings is 1. The average molecular weight is 309 g/mol. The van der Waals surface area contributed by atoms with Crippen LogP contribution in [0.4, 0.5) is 0 Å². The second-order valence-corrected chi connectivity index (χ2v) is 6.58. The average Bonchev–Trinajstić information content (AvgIpc) is 2.62. The summed E-state index contributed by atoms with van der Waals surface area (Å²) in [6, 6.07) is 17.0. The summed E-state index contributed by atoms with van der Waals surface area (Å²) in [5.41, 5.74) is 3.56. The van der Waals surface area contributed by atoms with E-state index in [1.807, 2.05) is 13.2 Å². The standard InChI is InChI=1S/C20H23NO2/c1-22-19-14-20(9-11-21-12-10-20)23-18-8-7-16(13-17(18)19)15-5-3-2-4-6-15/h2-8,13,19,21H,9-12,14H2,1H3. The van der Waals surface area contributed by atoms with Crippen LogP contribution in [0.15, 0.2) is 48.5 Å². The van der Waals surface area contributed by atoms with Gasteiger partial charge >= 0.3 is 0 Å². The summed E-state index contributed by atoms with van der Waals surface area (Å²) < 4.78 is 12.3. The van der Waals surface area contributed by atoms with E-state index in [1.54, 1.807) is 0 Å². The normalized spacial score (nSPS) is 22.4. The lowest BCUT2D eigenvalue weighted by molar-refractivity contribution is -0.0478. The van der Waals surface area contributed by atoms with Crippen LogP contribution >= 0.6 is 0 Å². The van der Waals surface area contributed by atoms with Crippen molar-refractivity contribution in [1.29, 1.82) is 0 Å². The molecule has 0 radical (unpaired) electrons. The van der Waals surface area contributed by atoms with Crippen LogP contribution in [-0.4, -0.2) is 25.8 Å². The van der Waals surface area contributed by atoms with Gasteiger partial charge in [-0.25, -0.2) is 0 Å². The minimum Gasteiger partial charge on any atom is -0.487 e. The van der Waals surface area contributed by atoms with Crippen LogP contribution in [0.3, 0.4) is 0 Å². The Kier molecular flexibility index (Phi) is 3.83. The Labute approximate surface area is 137 Å². The molecule has 120 valence electrons. The van der Waals surface area contributed by atoms with E-state index in [4.69, 9.17) is 9.47 Å². The summed E-state index contributed by atoms with van der Waals surface area (Å²) in [7, 11) is 1.81. The molecule has 2 aliphatic rings. The molecule has 1 atom stereocenters. The van der Waals surface area contributed by atoms with Gasteiger partial charge in [-0.15, -0.1) is 0 Å². The first-order valence-electron chi connectivity index (χ1n) is 8.42. The fourth-order valence-electron chi connectivity index (χ4n) is 3.82. The van der Waals surface area contributed by atoms with E-state index >= 15 is 0 Å². The molecule has 3 heteroatoms. The summed E-state index contributed by atoms with van der Waals surface area (Å²) in [4.78, 5) is 0. The highest BCUT2D eigenvalue weighted by Gasteiger charge is 2.42. The van der Waals surface area contributed by atoms with Gasteiger partial charge in [0.1, 0.15) is 11.4 Å². The first kappa shape index (κ1) is 14.7. The predicted molar refractivity (Wildman–Crippen MR) is 91.7 cm³/mol. The molecular weight excluding hydrogens is 286 g/mol. The molecule has 1 spiro atoms. The highest BCUT2D eigenvalue weighted by atomic mass is 16.5. The topological polar surface area (TPSA) is 30.5 Å². The third kappa shape index (κ3) is 2.75. The van der Waals surface area contributed by atoms with Crippen molar-refractivity contribution < 1.29 is 9.47 Å². The van der Waals surface area contributed by atoms with Gasteiger partial charge in [-0.3, -0.25) is 0 Å². The molecule has 0 saturated carbocycles. The monoisotopic (exact) mass is 309 g/mol. The molecule has 23 heavy (non-hydrogen) atoms. The van der Waals surface area contributed by atoms with Gasteiger partial charge < -0.3 is 14.8 Å². The second-order valence-electron chi connectivity index (χ2n) is 6.58. The van der Waals surface area contributed by atoms with E-state index in [0.717, 1.165) is 38.1 Å². The van der Waals surface area contributed by atoms with E-state index in [0.29, 0.717) is 0 Å². The van der Waals surface area contributed by atoms with Crippen molar-refractivity contribution in [3.05, 3.63) is 54.1 Å². The summed E-state index contributed by atoms with van der Waals surface area (Å²) in [5.74, 6) is 0.990. The molecule has 2 heterocycles. The van der Waals surface area contributed by atoms with Crippen LogP contribution in [0.1, 0.15) is 30.9 Å². The Bertz CT molecular complexity index is 677. The molecule has 1 fully saturated rings. The van der Waals surface area contributed by atoms with Crippen LogP contribution in [0.25, 0.3) is 11.1 Å². The summed E-state index contributed by atoms with van der Waals surface area (Å²) in [5, 5.41) is 3.42. The quantitative estimate of drug-likeness (QED) is 0.911. The zero-order valence-electron chi connectivity index (χ0n) is 13.5. The Morgan fingerprint density at radius 3 is 2.57 bits per heavy atom. The van der Waals surface area contributed by atoms with Crippen molar-refractivity contribution in [1.82, 2.24) is 5.32 Å². The molecule has 1 N–H and O–H groups in total. The molecule has 2 aromatic carbocycles. The Hall–Kier alpha value is -1.84. The minimum atomic E-state index is -0.0623. The Morgan fingerprint density at radius 1 is 1.04 bits per heavy atom. The molecule has 0 bridgehead atoms. The van der Waals surface area contributed by atoms with E-state index in [2.05, 4.69) is 47.8 Å². The maximum atomic E-state index is 6.46. The molecule has 0 amide bonds. The van der Waals surface area contributed by atoms with Crippen molar-refractivity contribution in [2.45, 2.75) is 31.0 Å². The summed E-state index contributed by atoms with van der Waals surface area (Å²) >= 11 is 0. The van der Waals surface area contributed by atoms with Crippen LogP contribution < -0.4 is 10.1 Å². The largest absolute Gasteiger partial charge is 0.487 e. The number of fused-ring (bicyclic) bond motifs is 1. The number of methoxy groups -OCH3 is 1. The smallest absolute Gasteiger partial charge is 0.126 e. The molecule has 1 saturated heterocycles. The van der Waals surface area contributed by atoms with Gasteiger partial charge in [0.15, 0.2) is 0 Å². The molecule has 4 rings (SSSR count). The van der Waals surface area contributed by atoms with Crippen LogP contribution in [0.5, 0.6) is 5.75 Å². The summed E-state index contributed by atoms with van der Waals surface area (Å²) in [6.45, 7) is 2.04. The molecule has 2 aromatic rings. The van der Waals surface area contributed by atoms with Crippen molar-refractivity contribution in [2.24, 2.45) is 0 Å². The molecule has 0 aliphatic carbocycles. The highest BCUT2D eigenvalue weighted by molar-refractivity contribution is 5.66. The van der Waals surface area contributed by atoms with E-state index in [-0.39, 0.29) is 11.7 Å². The van der Waals surface area contributed by atoms with Gasteiger partial charge in [-0.05, 0) is 49.2 Å². The number of benzene rings is 2. The minimum absolute atomic E-state index is 0.0623. The van der Waals surface area contributed by atoms with E-state index in [9.17, 15) is 0 Å². The van der Waals surface area contributed by atoms with Crippen molar-refractivity contribution >= 4 is 0 Å². The van der Waals surface area contributed by atoms with Crippen LogP contribution in [-0.2, 0) is 4.74 Å². The number of ether oxygens (including phenoxy) is 2. The fraction of sp³-hybridized carbons (Fsp3) is 0.400. The molecular formula is C20H23NO2. The van der Waals surface area contributed by atoms with Gasteiger partial charge in [-0.1, -0.05) is 36.4 Å². The van der Waals surface area contributed by atoms with Crippen molar-refractivity contribution in [3.8, 4) is 16.9 Å². The number of rotatable bonds is 2. The third-order valence-electron chi connectivity index (χ3n) is 5.15. The predicted octanol–water partition coefficient (Wildman–Crippen LogP) is 3.95.